The molecule has 1 saturated carbocycles. The minimum Gasteiger partial charge on any atom is -0.398 e. The summed E-state index contributed by atoms with van der Waals surface area (Å²) in [5, 5.41) is 0. The van der Waals surface area contributed by atoms with Crippen LogP contribution in [0.25, 0.3) is 0 Å². The molecule has 1 aromatic rings. The zero-order valence-electron chi connectivity index (χ0n) is 11.3. The Labute approximate surface area is 109 Å². The van der Waals surface area contributed by atoms with E-state index in [9.17, 15) is 4.79 Å². The van der Waals surface area contributed by atoms with Crippen molar-refractivity contribution in [2.45, 2.75) is 45.6 Å². The fourth-order valence-corrected chi connectivity index (χ4v) is 2.17. The van der Waals surface area contributed by atoms with Gasteiger partial charge in [0.25, 0.3) is 5.91 Å². The van der Waals surface area contributed by atoms with Crippen molar-refractivity contribution in [2.75, 3.05) is 12.3 Å². The van der Waals surface area contributed by atoms with Crippen molar-refractivity contribution in [1.82, 2.24) is 4.90 Å². The molecule has 1 aliphatic carbocycles. The van der Waals surface area contributed by atoms with E-state index in [2.05, 4.69) is 6.92 Å². The Balaban J connectivity index is 2.19. The Hall–Kier alpha value is -1.51. The summed E-state index contributed by atoms with van der Waals surface area (Å²) < 4.78 is 0. The zero-order chi connectivity index (χ0) is 13.1. The molecule has 0 bridgehead atoms. The van der Waals surface area contributed by atoms with E-state index < -0.39 is 0 Å². The molecular weight excluding hydrogens is 224 g/mol. The van der Waals surface area contributed by atoms with E-state index in [1.165, 1.54) is 0 Å². The second-order valence-electron chi connectivity index (χ2n) is 5.17. The van der Waals surface area contributed by atoms with Gasteiger partial charge in [-0.25, -0.2) is 0 Å². The van der Waals surface area contributed by atoms with Gasteiger partial charge in [0.15, 0.2) is 0 Å². The van der Waals surface area contributed by atoms with Crippen LogP contribution in [-0.2, 0) is 0 Å². The normalized spacial score (nSPS) is 14.6. The Morgan fingerprint density at radius 1 is 1.44 bits per heavy atom. The lowest BCUT2D eigenvalue weighted by atomic mass is 10.1. The third kappa shape index (κ3) is 2.84. The molecular formula is C15H22N2O. The predicted octanol–water partition coefficient (Wildman–Crippen LogP) is 2.98. The highest BCUT2D eigenvalue weighted by Gasteiger charge is 2.33. The van der Waals surface area contributed by atoms with Crippen molar-refractivity contribution in [1.29, 1.82) is 0 Å². The summed E-state index contributed by atoms with van der Waals surface area (Å²) >= 11 is 0. The Morgan fingerprint density at radius 3 is 2.78 bits per heavy atom. The third-order valence-corrected chi connectivity index (χ3v) is 3.44. The van der Waals surface area contributed by atoms with Gasteiger partial charge in [0.1, 0.15) is 0 Å². The Bertz CT molecular complexity index is 438. The maximum atomic E-state index is 12.6. The summed E-state index contributed by atoms with van der Waals surface area (Å²) in [7, 11) is 0. The number of rotatable bonds is 5. The molecule has 1 aliphatic rings. The van der Waals surface area contributed by atoms with Gasteiger partial charge in [0, 0.05) is 18.3 Å². The van der Waals surface area contributed by atoms with E-state index >= 15 is 0 Å². The molecule has 0 heterocycles. The van der Waals surface area contributed by atoms with Crippen LogP contribution >= 0.6 is 0 Å². The summed E-state index contributed by atoms with van der Waals surface area (Å²) in [4.78, 5) is 14.6. The van der Waals surface area contributed by atoms with Crippen molar-refractivity contribution in [3.05, 3.63) is 29.3 Å². The number of amides is 1. The Kier molecular flexibility index (Phi) is 3.90. The van der Waals surface area contributed by atoms with Crippen LogP contribution in [0.5, 0.6) is 0 Å². The molecule has 2 rings (SSSR count). The fraction of sp³-hybridized carbons (Fsp3) is 0.533. The van der Waals surface area contributed by atoms with Crippen LogP contribution in [0.15, 0.2) is 18.2 Å². The number of unbranched alkanes of at least 4 members (excludes halogenated alkanes) is 1. The molecule has 18 heavy (non-hydrogen) atoms. The summed E-state index contributed by atoms with van der Waals surface area (Å²) in [6, 6.07) is 6.12. The van der Waals surface area contributed by atoms with Crippen LogP contribution in [0.1, 0.15) is 48.5 Å². The quantitative estimate of drug-likeness (QED) is 0.812. The van der Waals surface area contributed by atoms with Crippen LogP contribution in [-0.4, -0.2) is 23.4 Å². The average Bonchev–Trinajstić information content (AvgIpc) is 3.17. The van der Waals surface area contributed by atoms with Crippen LogP contribution < -0.4 is 5.73 Å². The number of hydrogen-bond donors (Lipinski definition) is 1. The summed E-state index contributed by atoms with van der Waals surface area (Å²) in [5.74, 6) is 0.104. The van der Waals surface area contributed by atoms with Gasteiger partial charge in [-0.3, -0.25) is 4.79 Å². The topological polar surface area (TPSA) is 46.3 Å². The van der Waals surface area contributed by atoms with Gasteiger partial charge in [0.2, 0.25) is 0 Å². The lowest BCUT2D eigenvalue weighted by Crippen LogP contribution is -2.34. The van der Waals surface area contributed by atoms with E-state index in [4.69, 9.17) is 5.73 Å². The lowest BCUT2D eigenvalue weighted by molar-refractivity contribution is 0.0741. The van der Waals surface area contributed by atoms with Crippen LogP contribution in [0.4, 0.5) is 5.69 Å². The molecule has 98 valence electrons. The van der Waals surface area contributed by atoms with E-state index in [0.717, 1.165) is 37.8 Å². The second kappa shape index (κ2) is 5.42. The molecule has 0 spiro atoms. The van der Waals surface area contributed by atoms with Crippen molar-refractivity contribution in [2.24, 2.45) is 0 Å². The molecule has 0 aromatic heterocycles. The van der Waals surface area contributed by atoms with Crippen LogP contribution in [0, 0.1) is 6.92 Å². The van der Waals surface area contributed by atoms with Crippen molar-refractivity contribution in [3.8, 4) is 0 Å². The molecule has 2 N–H and O–H groups in total. The van der Waals surface area contributed by atoms with Gasteiger partial charge in [-0.05, 0) is 38.3 Å². The fourth-order valence-electron chi connectivity index (χ4n) is 2.17. The summed E-state index contributed by atoms with van der Waals surface area (Å²) in [6.07, 6.45) is 4.45. The molecule has 3 nitrogen and oxygen atoms in total. The number of benzene rings is 1. The highest BCUT2D eigenvalue weighted by atomic mass is 16.2. The van der Waals surface area contributed by atoms with Gasteiger partial charge in [-0.15, -0.1) is 0 Å². The van der Waals surface area contributed by atoms with Crippen LogP contribution in [0.3, 0.4) is 0 Å². The van der Waals surface area contributed by atoms with Crippen LogP contribution in [0.2, 0.25) is 0 Å². The number of nitrogens with zero attached hydrogens (tertiary/aromatic N) is 1. The van der Waals surface area contributed by atoms with E-state index in [1.807, 2.05) is 30.0 Å². The standard InChI is InChI=1S/C15H22N2O/c1-3-4-9-17(12-6-7-12)15(18)13-10-11(2)5-8-14(13)16/h5,8,10,12H,3-4,6-7,9,16H2,1-2H3. The van der Waals surface area contributed by atoms with Gasteiger partial charge in [-0.1, -0.05) is 25.0 Å². The highest BCUT2D eigenvalue weighted by Crippen LogP contribution is 2.29. The summed E-state index contributed by atoms with van der Waals surface area (Å²) in [5.41, 5.74) is 8.27. The van der Waals surface area contributed by atoms with Crippen molar-refractivity contribution >= 4 is 11.6 Å². The van der Waals surface area contributed by atoms with Crippen molar-refractivity contribution < 1.29 is 4.79 Å². The number of nitrogen functional groups attached to an aromatic ring is 1. The molecule has 0 atom stereocenters. The largest absolute Gasteiger partial charge is 0.398 e. The Morgan fingerprint density at radius 2 is 2.17 bits per heavy atom. The molecule has 1 amide bonds. The first kappa shape index (κ1) is 12.9. The predicted molar refractivity (Wildman–Crippen MR) is 74.6 cm³/mol. The molecule has 1 fully saturated rings. The number of anilines is 1. The first-order valence-corrected chi connectivity index (χ1v) is 6.80. The first-order chi connectivity index (χ1) is 8.63. The lowest BCUT2D eigenvalue weighted by Gasteiger charge is -2.23. The maximum Gasteiger partial charge on any atom is 0.256 e. The maximum absolute atomic E-state index is 12.6. The second-order valence-corrected chi connectivity index (χ2v) is 5.17. The molecule has 1 aromatic carbocycles. The van der Waals surface area contributed by atoms with Gasteiger partial charge in [0.05, 0.1) is 5.56 Å². The minimum absolute atomic E-state index is 0.104. The van der Waals surface area contributed by atoms with Crippen molar-refractivity contribution in [3.63, 3.8) is 0 Å². The first-order valence-electron chi connectivity index (χ1n) is 6.80. The van der Waals surface area contributed by atoms with Gasteiger partial charge < -0.3 is 10.6 Å². The highest BCUT2D eigenvalue weighted by molar-refractivity contribution is 5.99. The van der Waals surface area contributed by atoms with Gasteiger partial charge >= 0.3 is 0 Å². The molecule has 0 unspecified atom stereocenters. The SMILES string of the molecule is CCCCN(C(=O)c1cc(C)ccc1N)C1CC1. The number of hydrogen-bond acceptors (Lipinski definition) is 2. The minimum atomic E-state index is 0.104. The zero-order valence-corrected chi connectivity index (χ0v) is 11.3. The molecule has 3 heteroatoms. The monoisotopic (exact) mass is 246 g/mol. The number of carbonyl (C=O) groups excluding carboxylic acids is 1. The third-order valence-electron chi connectivity index (χ3n) is 3.44. The molecule has 0 aliphatic heterocycles. The smallest absolute Gasteiger partial charge is 0.256 e. The number of carbonyl (C=O) groups is 1. The number of aryl methyl sites for hydroxylation is 1. The van der Waals surface area contributed by atoms with E-state index in [1.54, 1.807) is 0 Å². The van der Waals surface area contributed by atoms with Gasteiger partial charge in [-0.2, -0.15) is 0 Å². The summed E-state index contributed by atoms with van der Waals surface area (Å²) in [6.45, 7) is 4.99. The number of nitrogens with two attached hydrogens (primary N) is 1. The van der Waals surface area contributed by atoms with E-state index in [0.29, 0.717) is 17.3 Å². The van der Waals surface area contributed by atoms with E-state index in [-0.39, 0.29) is 5.91 Å². The average molecular weight is 246 g/mol. The molecule has 0 saturated heterocycles. The molecule has 0 radical (unpaired) electrons.